The molecule has 0 aliphatic rings. The smallest absolute Gasteiger partial charge is 0.234 e. The second-order valence-corrected chi connectivity index (χ2v) is 3.99. The molecule has 2 N–H and O–H groups in total. The van der Waals surface area contributed by atoms with Crippen LogP contribution >= 0.6 is 11.3 Å². The Morgan fingerprint density at radius 2 is 2.33 bits per heavy atom. The van der Waals surface area contributed by atoms with Crippen LogP contribution in [-0.4, -0.2) is 29.6 Å². The van der Waals surface area contributed by atoms with E-state index in [9.17, 15) is 0 Å². The minimum Gasteiger partial charge on any atom is -0.383 e. The second kappa shape index (κ2) is 2.76. The minimum atomic E-state index is 0.597. The first kappa shape index (κ1) is 8.36. The summed E-state index contributed by atoms with van der Waals surface area (Å²) in [6, 6.07) is 0. The minimum absolute atomic E-state index is 0.597. The Kier molecular flexibility index (Phi) is 1.54. The summed E-state index contributed by atoms with van der Waals surface area (Å²) in [6.45, 7) is 0. The van der Waals surface area contributed by atoms with Crippen molar-refractivity contribution in [3.63, 3.8) is 0 Å². The summed E-state index contributed by atoms with van der Waals surface area (Å²) in [6.07, 6.45) is 3.25. The van der Waals surface area contributed by atoms with E-state index in [0.717, 1.165) is 15.5 Å². The number of nitrogens with zero attached hydrogens (tertiary/aromatic N) is 6. The zero-order valence-corrected chi connectivity index (χ0v) is 8.64. The summed E-state index contributed by atoms with van der Waals surface area (Å²) in [5.74, 6) is 0.597. The van der Waals surface area contributed by atoms with E-state index in [-0.39, 0.29) is 0 Å². The van der Waals surface area contributed by atoms with Crippen LogP contribution in [0.3, 0.4) is 0 Å². The molecule has 0 aliphatic heterocycles. The van der Waals surface area contributed by atoms with Gasteiger partial charge in [-0.15, -0.1) is 10.2 Å². The van der Waals surface area contributed by atoms with E-state index >= 15 is 0 Å². The van der Waals surface area contributed by atoms with Crippen LogP contribution in [0.15, 0.2) is 12.5 Å². The van der Waals surface area contributed by atoms with E-state index in [1.165, 1.54) is 11.3 Å². The molecule has 0 atom stereocenters. The summed E-state index contributed by atoms with van der Waals surface area (Å²) in [4.78, 5) is 0.744. The summed E-state index contributed by atoms with van der Waals surface area (Å²) in [7, 11) is 1.79. The molecular weight excluding hydrogens is 214 g/mol. The Hall–Kier alpha value is -1.96. The van der Waals surface area contributed by atoms with Crippen LogP contribution < -0.4 is 5.73 Å². The third-order valence-electron chi connectivity index (χ3n) is 2.10. The summed E-state index contributed by atoms with van der Waals surface area (Å²) < 4.78 is 3.23. The van der Waals surface area contributed by atoms with Gasteiger partial charge in [-0.05, 0) is 0 Å². The molecule has 0 saturated heterocycles. The molecule has 0 amide bonds. The van der Waals surface area contributed by atoms with Gasteiger partial charge in [-0.1, -0.05) is 11.3 Å². The maximum Gasteiger partial charge on any atom is 0.234 e. The summed E-state index contributed by atoms with van der Waals surface area (Å²) >= 11 is 1.43. The molecule has 3 heterocycles. The monoisotopic (exact) mass is 221 g/mol. The van der Waals surface area contributed by atoms with Crippen LogP contribution in [0.4, 0.5) is 5.82 Å². The highest BCUT2D eigenvalue weighted by atomic mass is 32.1. The van der Waals surface area contributed by atoms with Crippen molar-refractivity contribution >= 4 is 22.1 Å². The van der Waals surface area contributed by atoms with Crippen molar-refractivity contribution in [1.82, 2.24) is 29.6 Å². The first-order valence-electron chi connectivity index (χ1n) is 4.20. The van der Waals surface area contributed by atoms with Gasteiger partial charge in [0.2, 0.25) is 4.96 Å². The first-order chi connectivity index (χ1) is 7.25. The first-order valence-corrected chi connectivity index (χ1v) is 5.02. The molecule has 0 aliphatic carbocycles. The van der Waals surface area contributed by atoms with E-state index < -0.39 is 0 Å². The standard InChI is InChI=1S/C7H7N7S/c1-13-5(8)4(2-10-13)6-12-14-3-9-11-7(14)15-6/h2-3H,8H2,1H3. The van der Waals surface area contributed by atoms with Crippen molar-refractivity contribution in [2.24, 2.45) is 7.05 Å². The molecule has 76 valence electrons. The molecule has 0 unspecified atom stereocenters. The lowest BCUT2D eigenvalue weighted by Crippen LogP contribution is -1.98. The van der Waals surface area contributed by atoms with Crippen LogP contribution in [-0.2, 0) is 7.05 Å². The van der Waals surface area contributed by atoms with Crippen LogP contribution in [0, 0.1) is 0 Å². The summed E-state index contributed by atoms with van der Waals surface area (Å²) in [5.41, 5.74) is 6.67. The zero-order valence-electron chi connectivity index (χ0n) is 7.82. The van der Waals surface area contributed by atoms with Gasteiger partial charge in [0.25, 0.3) is 0 Å². The molecule has 0 bridgehead atoms. The quantitative estimate of drug-likeness (QED) is 0.633. The van der Waals surface area contributed by atoms with E-state index in [4.69, 9.17) is 5.73 Å². The molecule has 3 rings (SSSR count). The van der Waals surface area contributed by atoms with E-state index in [2.05, 4.69) is 20.4 Å². The van der Waals surface area contributed by atoms with Gasteiger partial charge >= 0.3 is 0 Å². The van der Waals surface area contributed by atoms with Crippen LogP contribution in [0.5, 0.6) is 0 Å². The highest BCUT2D eigenvalue weighted by Gasteiger charge is 2.13. The van der Waals surface area contributed by atoms with E-state index in [1.807, 2.05) is 0 Å². The molecule has 3 aromatic rings. The predicted molar refractivity (Wildman–Crippen MR) is 55.3 cm³/mol. The highest BCUT2D eigenvalue weighted by molar-refractivity contribution is 7.19. The molecule has 0 saturated carbocycles. The second-order valence-electron chi connectivity index (χ2n) is 3.03. The fraction of sp³-hybridized carbons (Fsp3) is 0.143. The Bertz CT molecular complexity index is 590. The number of hydrogen-bond donors (Lipinski definition) is 1. The van der Waals surface area contributed by atoms with Crippen molar-refractivity contribution in [3.8, 4) is 10.6 Å². The van der Waals surface area contributed by atoms with Crippen LogP contribution in [0.1, 0.15) is 0 Å². The van der Waals surface area contributed by atoms with Crippen molar-refractivity contribution in [2.45, 2.75) is 0 Å². The van der Waals surface area contributed by atoms with Crippen LogP contribution in [0.2, 0.25) is 0 Å². The third-order valence-corrected chi connectivity index (χ3v) is 3.05. The number of nitrogens with two attached hydrogens (primary N) is 1. The number of rotatable bonds is 1. The van der Waals surface area contributed by atoms with Crippen molar-refractivity contribution in [3.05, 3.63) is 12.5 Å². The average Bonchev–Trinajstić information content (AvgIpc) is 2.82. The molecule has 0 aromatic carbocycles. The molecular formula is C7H7N7S. The van der Waals surface area contributed by atoms with Gasteiger partial charge in [0.15, 0.2) is 5.01 Å². The molecule has 0 fully saturated rings. The SMILES string of the molecule is Cn1ncc(-c2nn3cnnc3s2)c1N. The van der Waals surface area contributed by atoms with Crippen molar-refractivity contribution in [1.29, 1.82) is 0 Å². The van der Waals surface area contributed by atoms with Gasteiger partial charge in [0, 0.05) is 7.05 Å². The van der Waals surface area contributed by atoms with Crippen molar-refractivity contribution < 1.29 is 0 Å². The van der Waals surface area contributed by atoms with Gasteiger partial charge in [0.05, 0.1) is 11.8 Å². The van der Waals surface area contributed by atoms with Gasteiger partial charge < -0.3 is 5.73 Å². The maximum atomic E-state index is 5.85. The molecule has 15 heavy (non-hydrogen) atoms. The Morgan fingerprint density at radius 3 is 3.00 bits per heavy atom. The van der Waals surface area contributed by atoms with Crippen LogP contribution in [0.25, 0.3) is 15.5 Å². The van der Waals surface area contributed by atoms with E-state index in [0.29, 0.717) is 5.82 Å². The molecule has 8 heteroatoms. The largest absolute Gasteiger partial charge is 0.383 e. The lowest BCUT2D eigenvalue weighted by molar-refractivity contribution is 0.779. The number of fused-ring (bicyclic) bond motifs is 1. The molecule has 7 nitrogen and oxygen atoms in total. The lowest BCUT2D eigenvalue weighted by atomic mass is 10.3. The number of nitrogen functional groups attached to an aromatic ring is 1. The Balaban J connectivity index is 2.21. The van der Waals surface area contributed by atoms with E-state index in [1.54, 1.807) is 28.8 Å². The van der Waals surface area contributed by atoms with Gasteiger partial charge in [0.1, 0.15) is 12.1 Å². The number of aryl methyl sites for hydroxylation is 1. The number of hydrogen-bond acceptors (Lipinski definition) is 6. The average molecular weight is 221 g/mol. The lowest BCUT2D eigenvalue weighted by Gasteiger charge is -1.94. The van der Waals surface area contributed by atoms with Gasteiger partial charge in [-0.2, -0.15) is 14.7 Å². The number of anilines is 1. The zero-order chi connectivity index (χ0) is 10.4. The summed E-state index contributed by atoms with van der Waals surface area (Å²) in [5, 5.41) is 16.8. The van der Waals surface area contributed by atoms with Gasteiger partial charge in [-0.3, -0.25) is 4.68 Å². The Labute approximate surface area is 88.2 Å². The molecule has 0 radical (unpaired) electrons. The maximum absolute atomic E-state index is 5.85. The highest BCUT2D eigenvalue weighted by Crippen LogP contribution is 2.28. The topological polar surface area (TPSA) is 86.9 Å². The van der Waals surface area contributed by atoms with Crippen molar-refractivity contribution in [2.75, 3.05) is 5.73 Å². The normalized spacial score (nSPS) is 11.3. The van der Waals surface area contributed by atoms with Gasteiger partial charge in [-0.25, -0.2) is 0 Å². The fourth-order valence-electron chi connectivity index (χ4n) is 1.28. The predicted octanol–water partition coefficient (Wildman–Crippen LogP) is 0.168. The fourth-order valence-corrected chi connectivity index (χ4v) is 2.12. The Morgan fingerprint density at radius 1 is 1.47 bits per heavy atom. The molecule has 3 aromatic heterocycles. The third kappa shape index (κ3) is 1.11. The number of aromatic nitrogens is 6. The molecule has 0 spiro atoms.